The van der Waals surface area contributed by atoms with Gasteiger partial charge in [-0.1, -0.05) is 0 Å². The Bertz CT molecular complexity index is 342. The van der Waals surface area contributed by atoms with Gasteiger partial charge in [0.1, 0.15) is 5.82 Å². The number of rotatable bonds is 5. The third-order valence-electron chi connectivity index (χ3n) is 2.39. The van der Waals surface area contributed by atoms with Crippen molar-refractivity contribution in [1.29, 1.82) is 0 Å². The fourth-order valence-electron chi connectivity index (χ4n) is 1.30. The molecule has 1 aromatic rings. The second-order valence-electron chi connectivity index (χ2n) is 3.83. The highest BCUT2D eigenvalue weighted by Crippen LogP contribution is 2.21. The Balaban J connectivity index is 2.78. The number of carbonyl (C=O) groups excluding carboxylic acids is 1. The molecule has 16 heavy (non-hydrogen) atoms. The lowest BCUT2D eigenvalue weighted by Crippen LogP contribution is -2.39. The summed E-state index contributed by atoms with van der Waals surface area (Å²) in [5.74, 6) is 0.299. The van der Waals surface area contributed by atoms with Gasteiger partial charge in [-0.2, -0.15) is 0 Å². The molecule has 0 aliphatic heterocycles. The topological polar surface area (TPSA) is 78.1 Å². The first-order chi connectivity index (χ1) is 7.62. The van der Waals surface area contributed by atoms with E-state index in [2.05, 4.69) is 9.97 Å². The monoisotopic (exact) mass is 223 g/mol. The minimum Gasteiger partial charge on any atom is -0.466 e. The van der Waals surface area contributed by atoms with Crippen molar-refractivity contribution in [1.82, 2.24) is 9.97 Å². The third kappa shape index (κ3) is 3.00. The van der Waals surface area contributed by atoms with Crippen molar-refractivity contribution in [3.05, 3.63) is 24.3 Å². The molecule has 0 fully saturated rings. The van der Waals surface area contributed by atoms with Gasteiger partial charge < -0.3 is 10.5 Å². The minimum atomic E-state index is -0.753. The molecule has 5 nitrogen and oxygen atoms in total. The quantitative estimate of drug-likeness (QED) is 0.737. The van der Waals surface area contributed by atoms with E-state index in [-0.39, 0.29) is 12.5 Å². The van der Waals surface area contributed by atoms with Crippen LogP contribution < -0.4 is 5.73 Å². The highest BCUT2D eigenvalue weighted by atomic mass is 16.5. The van der Waals surface area contributed by atoms with Crippen LogP contribution in [-0.4, -0.2) is 29.1 Å². The van der Waals surface area contributed by atoms with E-state index in [4.69, 9.17) is 10.5 Å². The van der Waals surface area contributed by atoms with E-state index in [9.17, 15) is 4.79 Å². The summed E-state index contributed by atoms with van der Waals surface area (Å²) in [5, 5.41) is 0. The van der Waals surface area contributed by atoms with Crippen LogP contribution in [0.1, 0.15) is 19.7 Å². The zero-order chi connectivity index (χ0) is 12.0. The second kappa shape index (κ2) is 5.55. The average molecular weight is 223 g/mol. The molecule has 0 bridgehead atoms. The smallest absolute Gasteiger partial charge is 0.313 e. The molecule has 1 unspecified atom stereocenters. The Hall–Kier alpha value is -1.49. The molecular formula is C11H17N3O2. The summed E-state index contributed by atoms with van der Waals surface area (Å²) in [6.45, 7) is 4.10. The fourth-order valence-corrected chi connectivity index (χ4v) is 1.30. The van der Waals surface area contributed by atoms with Crippen molar-refractivity contribution in [2.75, 3.05) is 13.2 Å². The van der Waals surface area contributed by atoms with Crippen molar-refractivity contribution in [2.24, 2.45) is 11.1 Å². The number of ether oxygens (including phenoxy) is 1. The SMILES string of the molecule is CCOC(=O)C(C)(CN)Cc1ncccn1. The van der Waals surface area contributed by atoms with Crippen molar-refractivity contribution in [2.45, 2.75) is 20.3 Å². The zero-order valence-electron chi connectivity index (χ0n) is 9.64. The van der Waals surface area contributed by atoms with Crippen LogP contribution in [0.25, 0.3) is 0 Å². The van der Waals surface area contributed by atoms with E-state index in [0.717, 1.165) is 0 Å². The van der Waals surface area contributed by atoms with Gasteiger partial charge in [-0.15, -0.1) is 0 Å². The van der Waals surface area contributed by atoms with E-state index >= 15 is 0 Å². The summed E-state index contributed by atoms with van der Waals surface area (Å²) in [7, 11) is 0. The van der Waals surface area contributed by atoms with Crippen LogP contribution >= 0.6 is 0 Å². The number of hydrogen-bond acceptors (Lipinski definition) is 5. The summed E-state index contributed by atoms with van der Waals surface area (Å²) in [6.07, 6.45) is 3.68. The molecule has 0 aliphatic carbocycles. The van der Waals surface area contributed by atoms with Gasteiger partial charge in [-0.05, 0) is 19.9 Å². The molecule has 2 N–H and O–H groups in total. The van der Waals surface area contributed by atoms with Gasteiger partial charge in [0, 0.05) is 25.4 Å². The first kappa shape index (κ1) is 12.6. The van der Waals surface area contributed by atoms with Gasteiger partial charge in [0.2, 0.25) is 0 Å². The predicted octanol–water partition coefficient (Wildman–Crippen LogP) is 0.547. The summed E-state index contributed by atoms with van der Waals surface area (Å²) in [6, 6.07) is 1.73. The molecule has 0 saturated heterocycles. The van der Waals surface area contributed by atoms with E-state index in [1.54, 1.807) is 32.3 Å². The predicted molar refractivity (Wildman–Crippen MR) is 59.5 cm³/mol. The lowest BCUT2D eigenvalue weighted by molar-refractivity contribution is -0.153. The molecule has 0 amide bonds. The van der Waals surface area contributed by atoms with Crippen molar-refractivity contribution < 1.29 is 9.53 Å². The molecule has 0 radical (unpaired) electrons. The fraction of sp³-hybridized carbons (Fsp3) is 0.545. The summed E-state index contributed by atoms with van der Waals surface area (Å²) in [4.78, 5) is 19.9. The molecule has 0 spiro atoms. The summed E-state index contributed by atoms with van der Waals surface area (Å²) >= 11 is 0. The Labute approximate surface area is 95.0 Å². The normalized spacial score (nSPS) is 14.2. The lowest BCUT2D eigenvalue weighted by Gasteiger charge is -2.24. The molecule has 0 aliphatic rings. The number of esters is 1. The Morgan fingerprint density at radius 3 is 2.62 bits per heavy atom. The first-order valence-electron chi connectivity index (χ1n) is 5.25. The van der Waals surface area contributed by atoms with Crippen LogP contribution in [-0.2, 0) is 16.0 Å². The van der Waals surface area contributed by atoms with Crippen molar-refractivity contribution >= 4 is 5.97 Å². The van der Waals surface area contributed by atoms with E-state index in [0.29, 0.717) is 18.9 Å². The molecule has 0 aromatic carbocycles. The third-order valence-corrected chi connectivity index (χ3v) is 2.39. The van der Waals surface area contributed by atoms with Crippen LogP contribution in [0.15, 0.2) is 18.5 Å². The Morgan fingerprint density at radius 2 is 2.12 bits per heavy atom. The number of hydrogen-bond donors (Lipinski definition) is 1. The largest absolute Gasteiger partial charge is 0.466 e. The Morgan fingerprint density at radius 1 is 1.50 bits per heavy atom. The molecule has 0 saturated carbocycles. The molecule has 5 heteroatoms. The number of nitrogens with zero attached hydrogens (tertiary/aromatic N) is 2. The maximum atomic E-state index is 11.7. The maximum Gasteiger partial charge on any atom is 0.313 e. The van der Waals surface area contributed by atoms with E-state index in [1.165, 1.54) is 0 Å². The maximum absolute atomic E-state index is 11.7. The van der Waals surface area contributed by atoms with Crippen LogP contribution in [0.4, 0.5) is 0 Å². The van der Waals surface area contributed by atoms with Gasteiger partial charge in [-0.25, -0.2) is 9.97 Å². The molecule has 1 heterocycles. The van der Waals surface area contributed by atoms with Crippen LogP contribution in [0.5, 0.6) is 0 Å². The first-order valence-corrected chi connectivity index (χ1v) is 5.25. The van der Waals surface area contributed by atoms with E-state index < -0.39 is 5.41 Å². The van der Waals surface area contributed by atoms with Crippen molar-refractivity contribution in [3.63, 3.8) is 0 Å². The molecule has 1 aromatic heterocycles. The molecule has 88 valence electrons. The van der Waals surface area contributed by atoms with Crippen LogP contribution in [0.3, 0.4) is 0 Å². The van der Waals surface area contributed by atoms with Crippen LogP contribution in [0, 0.1) is 5.41 Å². The van der Waals surface area contributed by atoms with E-state index in [1.807, 2.05) is 0 Å². The number of nitrogens with two attached hydrogens (primary N) is 1. The van der Waals surface area contributed by atoms with Crippen molar-refractivity contribution in [3.8, 4) is 0 Å². The molecule has 1 rings (SSSR count). The summed E-state index contributed by atoms with van der Waals surface area (Å²) < 4.78 is 5.00. The van der Waals surface area contributed by atoms with Gasteiger partial charge >= 0.3 is 5.97 Å². The Kier molecular flexibility index (Phi) is 4.37. The number of aromatic nitrogens is 2. The minimum absolute atomic E-state index is 0.212. The molecular weight excluding hydrogens is 206 g/mol. The average Bonchev–Trinajstić information content (AvgIpc) is 2.30. The number of carbonyl (C=O) groups is 1. The van der Waals surface area contributed by atoms with Gasteiger partial charge in [0.05, 0.1) is 12.0 Å². The lowest BCUT2D eigenvalue weighted by atomic mass is 9.86. The van der Waals surface area contributed by atoms with Gasteiger partial charge in [0.25, 0.3) is 0 Å². The summed E-state index contributed by atoms with van der Waals surface area (Å²) in [5.41, 5.74) is 4.88. The standard InChI is InChI=1S/C11H17N3O2/c1-3-16-10(15)11(2,8-12)7-9-13-5-4-6-14-9/h4-6H,3,7-8,12H2,1-2H3. The second-order valence-corrected chi connectivity index (χ2v) is 3.83. The zero-order valence-corrected chi connectivity index (χ0v) is 9.64. The van der Waals surface area contributed by atoms with Crippen LogP contribution in [0.2, 0.25) is 0 Å². The molecule has 1 atom stereocenters. The highest BCUT2D eigenvalue weighted by molar-refractivity contribution is 5.77. The van der Waals surface area contributed by atoms with Gasteiger partial charge in [0.15, 0.2) is 0 Å². The van der Waals surface area contributed by atoms with Gasteiger partial charge in [-0.3, -0.25) is 4.79 Å². The highest BCUT2D eigenvalue weighted by Gasteiger charge is 2.34.